The summed E-state index contributed by atoms with van der Waals surface area (Å²) in [5.74, 6) is 0.923. The van der Waals surface area contributed by atoms with Crippen molar-refractivity contribution in [1.29, 1.82) is 0 Å². The summed E-state index contributed by atoms with van der Waals surface area (Å²) in [6.07, 6.45) is 5.30. The van der Waals surface area contributed by atoms with Crippen molar-refractivity contribution in [3.05, 3.63) is 84.2 Å². The number of aromatic nitrogens is 4. The summed E-state index contributed by atoms with van der Waals surface area (Å²) in [4.78, 5) is 22.8. The van der Waals surface area contributed by atoms with Crippen LogP contribution in [0.4, 0.5) is 11.9 Å². The van der Waals surface area contributed by atoms with Crippen LogP contribution >= 0.6 is 0 Å². The number of nitrogen functional groups attached to an aromatic ring is 1. The van der Waals surface area contributed by atoms with E-state index in [-0.39, 0.29) is 11.5 Å². The Balaban J connectivity index is 1.24. The van der Waals surface area contributed by atoms with Gasteiger partial charge in [0.2, 0.25) is 11.9 Å². The molecule has 0 radical (unpaired) electrons. The van der Waals surface area contributed by atoms with Crippen LogP contribution in [0.3, 0.4) is 0 Å². The number of likely N-dealkylation sites (tertiary alicyclic amines) is 1. The zero-order valence-electron chi connectivity index (χ0n) is 22.0. The minimum Gasteiger partial charge on any atom is -0.378 e. The maximum atomic E-state index is 6.81. The molecule has 0 unspecified atom stereocenters. The van der Waals surface area contributed by atoms with E-state index in [1.807, 2.05) is 12.1 Å². The van der Waals surface area contributed by atoms with Crippen molar-refractivity contribution >= 4 is 11.9 Å². The van der Waals surface area contributed by atoms with Crippen molar-refractivity contribution < 1.29 is 4.74 Å². The molecule has 6 rings (SSSR count). The van der Waals surface area contributed by atoms with Crippen LogP contribution in [0.2, 0.25) is 0 Å². The molecule has 39 heavy (non-hydrogen) atoms. The fourth-order valence-electron chi connectivity index (χ4n) is 5.36. The molecule has 2 fully saturated rings. The van der Waals surface area contributed by atoms with Crippen LogP contribution in [0, 0.1) is 0 Å². The normalized spacial score (nSPS) is 17.7. The Morgan fingerprint density at radius 3 is 2.21 bits per heavy atom. The van der Waals surface area contributed by atoms with E-state index in [2.05, 4.69) is 68.3 Å². The van der Waals surface area contributed by atoms with Crippen LogP contribution in [-0.2, 0) is 16.8 Å². The van der Waals surface area contributed by atoms with Gasteiger partial charge in [0, 0.05) is 61.8 Å². The Hall–Kier alpha value is -3.92. The fraction of sp³-hybridized carbons (Fsp3) is 0.333. The molecule has 2 aromatic heterocycles. The molecule has 2 aliphatic rings. The van der Waals surface area contributed by atoms with Crippen molar-refractivity contribution in [3.8, 4) is 22.5 Å². The summed E-state index contributed by atoms with van der Waals surface area (Å²) >= 11 is 0. The predicted octanol–water partition coefficient (Wildman–Crippen LogP) is 3.47. The topological polar surface area (TPSA) is 119 Å². The molecule has 4 N–H and O–H groups in total. The molecular weight excluding hydrogens is 488 g/mol. The van der Waals surface area contributed by atoms with Crippen molar-refractivity contribution in [2.45, 2.75) is 24.9 Å². The van der Waals surface area contributed by atoms with Crippen molar-refractivity contribution in [1.82, 2.24) is 24.8 Å². The van der Waals surface area contributed by atoms with Gasteiger partial charge in [-0.3, -0.25) is 4.90 Å². The van der Waals surface area contributed by atoms with Gasteiger partial charge in [-0.1, -0.05) is 48.5 Å². The molecule has 2 saturated heterocycles. The van der Waals surface area contributed by atoms with Gasteiger partial charge < -0.3 is 21.1 Å². The number of hydrogen-bond acceptors (Lipinski definition) is 9. The van der Waals surface area contributed by atoms with Crippen LogP contribution < -0.4 is 16.4 Å². The number of hydrogen-bond donors (Lipinski definition) is 2. The average molecular weight is 523 g/mol. The highest BCUT2D eigenvalue weighted by Crippen LogP contribution is 2.32. The van der Waals surface area contributed by atoms with Gasteiger partial charge in [0.25, 0.3) is 0 Å². The van der Waals surface area contributed by atoms with E-state index in [1.54, 1.807) is 12.4 Å². The van der Waals surface area contributed by atoms with Gasteiger partial charge in [0.1, 0.15) is 0 Å². The lowest BCUT2D eigenvalue weighted by molar-refractivity contribution is 0.122. The molecule has 0 aliphatic carbocycles. The van der Waals surface area contributed by atoms with Crippen LogP contribution in [0.15, 0.2) is 73.1 Å². The first-order chi connectivity index (χ1) is 19.1. The van der Waals surface area contributed by atoms with E-state index in [9.17, 15) is 0 Å². The number of nitrogens with two attached hydrogens (primary N) is 2. The maximum absolute atomic E-state index is 6.81. The third kappa shape index (κ3) is 5.75. The molecule has 2 aromatic carbocycles. The smallest absolute Gasteiger partial charge is 0.226 e. The largest absolute Gasteiger partial charge is 0.378 e. The number of morpholine rings is 1. The number of piperidine rings is 1. The lowest BCUT2D eigenvalue weighted by Crippen LogP contribution is -2.47. The summed E-state index contributed by atoms with van der Waals surface area (Å²) in [7, 11) is 0. The summed E-state index contributed by atoms with van der Waals surface area (Å²) in [5, 5.41) is 0. The summed E-state index contributed by atoms with van der Waals surface area (Å²) < 4.78 is 5.55. The Kier molecular flexibility index (Phi) is 7.19. The van der Waals surface area contributed by atoms with Crippen LogP contribution in [0.1, 0.15) is 24.0 Å². The van der Waals surface area contributed by atoms with Gasteiger partial charge in [-0.2, -0.15) is 0 Å². The van der Waals surface area contributed by atoms with E-state index < -0.39 is 0 Å². The molecule has 2 aliphatic heterocycles. The summed E-state index contributed by atoms with van der Waals surface area (Å²) in [6.45, 7) is 5.63. The second-order valence-electron chi connectivity index (χ2n) is 10.4. The maximum Gasteiger partial charge on any atom is 0.226 e. The van der Waals surface area contributed by atoms with Crippen LogP contribution in [0.5, 0.6) is 0 Å². The molecule has 0 amide bonds. The molecule has 9 nitrogen and oxygen atoms in total. The minimum atomic E-state index is -0.251. The molecular formula is C30H34N8O. The lowest BCUT2D eigenvalue weighted by atomic mass is 9.82. The van der Waals surface area contributed by atoms with E-state index in [0.29, 0.717) is 19.2 Å². The highest BCUT2D eigenvalue weighted by atomic mass is 16.5. The van der Waals surface area contributed by atoms with E-state index in [0.717, 1.165) is 68.1 Å². The number of benzene rings is 2. The van der Waals surface area contributed by atoms with Gasteiger partial charge in [-0.05, 0) is 36.1 Å². The molecule has 4 aromatic rings. The SMILES string of the molecule is Nc1ncc(-c2cc(-c3cccc(CN4CCC(N)(c5ccccc5)CC4)c3)nc(N3CCOCC3)n2)cn1. The number of anilines is 2. The first-order valence-electron chi connectivity index (χ1n) is 13.5. The van der Waals surface area contributed by atoms with Gasteiger partial charge in [0.05, 0.1) is 24.6 Å². The average Bonchev–Trinajstić information content (AvgIpc) is 3.00. The fourth-order valence-corrected chi connectivity index (χ4v) is 5.36. The summed E-state index contributed by atoms with van der Waals surface area (Å²) in [5.41, 5.74) is 18.3. The van der Waals surface area contributed by atoms with E-state index >= 15 is 0 Å². The molecule has 200 valence electrons. The molecule has 0 atom stereocenters. The Morgan fingerprint density at radius 2 is 1.49 bits per heavy atom. The molecule has 9 heteroatoms. The van der Waals surface area contributed by atoms with Crippen LogP contribution in [-0.4, -0.2) is 64.2 Å². The standard InChI is InChI=1S/C30H34N8O/c31-28-33-19-24(20-34-28)27-18-26(35-29(36-27)38-13-15-39-16-14-38)23-6-4-5-22(17-23)21-37-11-9-30(32,10-12-37)25-7-2-1-3-8-25/h1-8,17-20H,9-16,21,32H2,(H2,31,33,34). The molecule has 0 spiro atoms. The van der Waals surface area contributed by atoms with Gasteiger partial charge in [-0.15, -0.1) is 0 Å². The lowest BCUT2D eigenvalue weighted by Gasteiger charge is -2.39. The first-order valence-corrected chi connectivity index (χ1v) is 13.5. The summed E-state index contributed by atoms with van der Waals surface area (Å²) in [6, 6.07) is 21.1. The zero-order valence-corrected chi connectivity index (χ0v) is 22.0. The minimum absolute atomic E-state index is 0.238. The zero-order chi connectivity index (χ0) is 26.7. The van der Waals surface area contributed by atoms with Gasteiger partial charge in [-0.25, -0.2) is 19.9 Å². The first kappa shape index (κ1) is 25.4. The van der Waals surface area contributed by atoms with Crippen LogP contribution in [0.25, 0.3) is 22.5 Å². The molecule has 4 heterocycles. The number of ether oxygens (including phenoxy) is 1. The Morgan fingerprint density at radius 1 is 0.795 bits per heavy atom. The monoisotopic (exact) mass is 522 g/mol. The van der Waals surface area contributed by atoms with Crippen molar-refractivity contribution in [2.24, 2.45) is 5.73 Å². The predicted molar refractivity (Wildman–Crippen MR) is 153 cm³/mol. The van der Waals surface area contributed by atoms with Crippen molar-refractivity contribution in [3.63, 3.8) is 0 Å². The number of rotatable bonds is 6. The highest BCUT2D eigenvalue weighted by molar-refractivity contribution is 5.69. The highest BCUT2D eigenvalue weighted by Gasteiger charge is 2.32. The Bertz CT molecular complexity index is 1400. The molecule has 0 bridgehead atoms. The molecule has 0 saturated carbocycles. The second kappa shape index (κ2) is 11.1. The Labute approximate surface area is 228 Å². The van der Waals surface area contributed by atoms with Crippen molar-refractivity contribution in [2.75, 3.05) is 50.0 Å². The van der Waals surface area contributed by atoms with Gasteiger partial charge >= 0.3 is 0 Å². The van der Waals surface area contributed by atoms with E-state index in [4.69, 9.17) is 26.2 Å². The van der Waals surface area contributed by atoms with Gasteiger partial charge in [0.15, 0.2) is 0 Å². The quantitative estimate of drug-likeness (QED) is 0.392. The second-order valence-corrected chi connectivity index (χ2v) is 10.4. The van der Waals surface area contributed by atoms with E-state index in [1.165, 1.54) is 11.1 Å². The third-order valence-electron chi connectivity index (χ3n) is 7.70. The third-order valence-corrected chi connectivity index (χ3v) is 7.70. The number of nitrogens with zero attached hydrogens (tertiary/aromatic N) is 6.